The molecule has 2 saturated heterocycles. The van der Waals surface area contributed by atoms with Crippen molar-refractivity contribution in [3.8, 4) is 11.5 Å². The summed E-state index contributed by atoms with van der Waals surface area (Å²) in [6.07, 6.45) is 3.12. The molecular formula is C20H30ClN3O4. The quantitative estimate of drug-likeness (QED) is 0.518. The Morgan fingerprint density at radius 3 is 2.50 bits per heavy atom. The Morgan fingerprint density at radius 2 is 1.86 bits per heavy atom. The molecule has 0 saturated carbocycles. The third kappa shape index (κ3) is 5.29. The number of halogens is 1. The zero-order chi connectivity index (χ0) is 19.3. The van der Waals surface area contributed by atoms with Crippen molar-refractivity contribution in [1.82, 2.24) is 10.2 Å². The summed E-state index contributed by atoms with van der Waals surface area (Å²) < 4.78 is 11.5. The van der Waals surface area contributed by atoms with E-state index in [1.807, 2.05) is 18.2 Å². The van der Waals surface area contributed by atoms with Gasteiger partial charge >= 0.3 is 0 Å². The molecular weight excluding hydrogens is 382 g/mol. The Bertz CT molecular complexity index is 692. The lowest BCUT2D eigenvalue weighted by Gasteiger charge is -2.41. The Morgan fingerprint density at radius 1 is 1.14 bits per heavy atom. The van der Waals surface area contributed by atoms with Crippen LogP contribution in [0.1, 0.15) is 18.4 Å². The number of hydrogen-bond donors (Lipinski definition) is 1. The molecule has 156 valence electrons. The molecule has 2 fully saturated rings. The van der Waals surface area contributed by atoms with Gasteiger partial charge < -0.3 is 36.6 Å². The second-order valence-electron chi connectivity index (χ2n) is 7.48. The van der Waals surface area contributed by atoms with Crippen LogP contribution in [0.15, 0.2) is 18.2 Å². The van der Waals surface area contributed by atoms with Gasteiger partial charge in [0.05, 0.1) is 46.9 Å². The molecule has 1 spiro atoms. The largest absolute Gasteiger partial charge is 1.00 e. The van der Waals surface area contributed by atoms with Crippen molar-refractivity contribution >= 4 is 11.8 Å². The Balaban J connectivity index is 0.00000280. The van der Waals surface area contributed by atoms with Crippen LogP contribution in [-0.2, 0) is 16.0 Å². The van der Waals surface area contributed by atoms with E-state index in [4.69, 9.17) is 9.47 Å². The lowest BCUT2D eigenvalue weighted by molar-refractivity contribution is -0.912. The molecule has 0 atom stereocenters. The second-order valence-corrected chi connectivity index (χ2v) is 7.48. The van der Waals surface area contributed by atoms with Gasteiger partial charge in [-0.25, -0.2) is 0 Å². The smallest absolute Gasteiger partial charge is 0.278 e. The molecule has 1 N–H and O–H groups in total. The highest BCUT2D eigenvalue weighted by molar-refractivity contribution is 5.85. The SMILES string of the molecule is COc1ccc(CCNC(=O)CN2CC[N+]3(CCCC3)CC2=O)cc1OC.[Cl-]. The highest BCUT2D eigenvalue weighted by Gasteiger charge is 2.40. The topological polar surface area (TPSA) is 67.9 Å². The van der Waals surface area contributed by atoms with Gasteiger partial charge in [-0.2, -0.15) is 0 Å². The first-order chi connectivity index (χ1) is 13.0. The number of ether oxygens (including phenoxy) is 2. The zero-order valence-corrected chi connectivity index (χ0v) is 17.5. The second kappa shape index (κ2) is 9.98. The van der Waals surface area contributed by atoms with Crippen LogP contribution in [-0.4, -0.2) is 81.2 Å². The molecule has 0 bridgehead atoms. The maximum absolute atomic E-state index is 12.4. The van der Waals surface area contributed by atoms with E-state index in [-0.39, 0.29) is 30.8 Å². The Hall–Kier alpha value is -1.99. The van der Waals surface area contributed by atoms with Crippen LogP contribution in [0.3, 0.4) is 0 Å². The molecule has 1 aromatic carbocycles. The number of nitrogens with zero attached hydrogens (tertiary/aromatic N) is 2. The molecule has 2 amide bonds. The van der Waals surface area contributed by atoms with Crippen molar-refractivity contribution < 1.29 is 36.0 Å². The lowest BCUT2D eigenvalue weighted by atomic mass is 10.1. The predicted molar refractivity (Wildman–Crippen MR) is 102 cm³/mol. The van der Waals surface area contributed by atoms with Gasteiger partial charge in [-0.15, -0.1) is 0 Å². The number of methoxy groups -OCH3 is 2. The van der Waals surface area contributed by atoms with Crippen LogP contribution >= 0.6 is 0 Å². The highest BCUT2D eigenvalue weighted by atomic mass is 35.5. The van der Waals surface area contributed by atoms with E-state index in [2.05, 4.69) is 5.32 Å². The maximum atomic E-state index is 12.4. The van der Waals surface area contributed by atoms with E-state index in [1.54, 1.807) is 19.1 Å². The summed E-state index contributed by atoms with van der Waals surface area (Å²) in [5, 5.41) is 2.92. The molecule has 2 aliphatic rings. The Labute approximate surface area is 173 Å². The number of amides is 2. The van der Waals surface area contributed by atoms with Crippen LogP contribution in [0.2, 0.25) is 0 Å². The van der Waals surface area contributed by atoms with E-state index < -0.39 is 0 Å². The minimum Gasteiger partial charge on any atom is -1.00 e. The van der Waals surface area contributed by atoms with Gasteiger partial charge in [0.25, 0.3) is 5.91 Å². The monoisotopic (exact) mass is 411 g/mol. The fraction of sp³-hybridized carbons (Fsp3) is 0.600. The van der Waals surface area contributed by atoms with Gasteiger partial charge in [0, 0.05) is 19.4 Å². The van der Waals surface area contributed by atoms with Gasteiger partial charge in [0.15, 0.2) is 18.0 Å². The maximum Gasteiger partial charge on any atom is 0.278 e. The fourth-order valence-corrected chi connectivity index (χ4v) is 4.09. The molecule has 0 unspecified atom stereocenters. The van der Waals surface area contributed by atoms with E-state index in [1.165, 1.54) is 12.8 Å². The predicted octanol–water partition coefficient (Wildman–Crippen LogP) is -2.18. The number of carbonyl (C=O) groups is 2. The van der Waals surface area contributed by atoms with Gasteiger partial charge in [-0.3, -0.25) is 9.59 Å². The summed E-state index contributed by atoms with van der Waals surface area (Å²) in [6.45, 7) is 5.11. The van der Waals surface area contributed by atoms with E-state index in [0.717, 1.165) is 29.7 Å². The van der Waals surface area contributed by atoms with Gasteiger partial charge in [0.1, 0.15) is 0 Å². The van der Waals surface area contributed by atoms with Crippen molar-refractivity contribution in [2.24, 2.45) is 0 Å². The van der Waals surface area contributed by atoms with Crippen LogP contribution in [0.4, 0.5) is 0 Å². The number of quaternary nitrogens is 1. The van der Waals surface area contributed by atoms with Crippen molar-refractivity contribution in [2.75, 3.05) is 60.0 Å². The molecule has 0 aromatic heterocycles. The zero-order valence-electron chi connectivity index (χ0n) is 16.7. The molecule has 8 heteroatoms. The average Bonchev–Trinajstić information content (AvgIpc) is 3.12. The van der Waals surface area contributed by atoms with Crippen LogP contribution in [0.25, 0.3) is 0 Å². The molecule has 0 radical (unpaired) electrons. The van der Waals surface area contributed by atoms with Crippen molar-refractivity contribution in [3.63, 3.8) is 0 Å². The van der Waals surface area contributed by atoms with Crippen molar-refractivity contribution in [2.45, 2.75) is 19.3 Å². The van der Waals surface area contributed by atoms with E-state index in [9.17, 15) is 9.59 Å². The molecule has 2 heterocycles. The first-order valence-electron chi connectivity index (χ1n) is 9.66. The Kier molecular flexibility index (Phi) is 7.95. The standard InChI is InChI=1S/C20H29N3O4.ClH/c1-26-17-6-5-16(13-18(17)27-2)7-8-21-19(24)14-22-9-12-23(15-20(22)25)10-3-4-11-23;/h5-6,13H,3-4,7-12,14-15H2,1-2H3;1H. The van der Waals surface area contributed by atoms with Gasteiger partial charge in [-0.05, 0) is 24.1 Å². The minimum atomic E-state index is -0.0984. The summed E-state index contributed by atoms with van der Waals surface area (Å²) in [6, 6.07) is 5.73. The fourth-order valence-electron chi connectivity index (χ4n) is 4.09. The average molecular weight is 412 g/mol. The van der Waals surface area contributed by atoms with Crippen molar-refractivity contribution in [3.05, 3.63) is 23.8 Å². The van der Waals surface area contributed by atoms with Crippen molar-refractivity contribution in [1.29, 1.82) is 0 Å². The first kappa shape index (κ1) is 22.3. The van der Waals surface area contributed by atoms with Crippen LogP contribution in [0, 0.1) is 0 Å². The first-order valence-corrected chi connectivity index (χ1v) is 9.66. The molecule has 0 aliphatic carbocycles. The van der Waals surface area contributed by atoms with E-state index >= 15 is 0 Å². The molecule has 3 rings (SSSR count). The summed E-state index contributed by atoms with van der Waals surface area (Å²) in [7, 11) is 3.21. The molecule has 28 heavy (non-hydrogen) atoms. The van der Waals surface area contributed by atoms with E-state index in [0.29, 0.717) is 37.6 Å². The number of carbonyl (C=O) groups excluding carboxylic acids is 2. The number of benzene rings is 1. The molecule has 2 aliphatic heterocycles. The summed E-state index contributed by atoms with van der Waals surface area (Å²) in [4.78, 5) is 26.4. The summed E-state index contributed by atoms with van der Waals surface area (Å²) in [5.41, 5.74) is 1.06. The minimum absolute atomic E-state index is 0. The lowest BCUT2D eigenvalue weighted by Crippen LogP contribution is -3.00. The van der Waals surface area contributed by atoms with Gasteiger partial charge in [-0.1, -0.05) is 6.07 Å². The number of piperazine rings is 1. The van der Waals surface area contributed by atoms with Crippen LogP contribution < -0.4 is 27.2 Å². The molecule has 1 aromatic rings. The third-order valence-corrected chi connectivity index (χ3v) is 5.70. The number of nitrogens with one attached hydrogen (secondary N) is 1. The number of hydrogen-bond acceptors (Lipinski definition) is 4. The van der Waals surface area contributed by atoms with Crippen LogP contribution in [0.5, 0.6) is 11.5 Å². The molecule has 7 nitrogen and oxygen atoms in total. The third-order valence-electron chi connectivity index (χ3n) is 5.70. The summed E-state index contributed by atoms with van der Waals surface area (Å²) in [5.74, 6) is 1.38. The van der Waals surface area contributed by atoms with Gasteiger partial charge in [0.2, 0.25) is 5.91 Å². The summed E-state index contributed by atoms with van der Waals surface area (Å²) >= 11 is 0. The highest BCUT2D eigenvalue weighted by Crippen LogP contribution is 2.27. The number of rotatable bonds is 7. The normalized spacial score (nSPS) is 17.9.